The lowest BCUT2D eigenvalue weighted by molar-refractivity contribution is -0.384. The van der Waals surface area contributed by atoms with Crippen molar-refractivity contribution in [2.24, 2.45) is 0 Å². The molecule has 0 amide bonds. The summed E-state index contributed by atoms with van der Waals surface area (Å²) in [4.78, 5) is 15.3. The van der Waals surface area contributed by atoms with Crippen LogP contribution in [0.15, 0.2) is 12.3 Å². The van der Waals surface area contributed by atoms with E-state index in [1.165, 1.54) is 6.07 Å². The van der Waals surface area contributed by atoms with E-state index in [0.29, 0.717) is 12.2 Å². The third-order valence-corrected chi connectivity index (χ3v) is 2.08. The van der Waals surface area contributed by atoms with Crippen LogP contribution in [-0.4, -0.2) is 35.2 Å². The number of hydrogen-bond donors (Lipinski definition) is 1. The summed E-state index contributed by atoms with van der Waals surface area (Å²) in [6.07, 6.45) is 1.10. The fourth-order valence-corrected chi connectivity index (χ4v) is 1.28. The highest BCUT2D eigenvalue weighted by Crippen LogP contribution is 2.28. The fourth-order valence-electron chi connectivity index (χ4n) is 1.13. The molecular weight excluding hydrogens is 222 g/mol. The fraction of sp³-hybridized carbons (Fsp3) is 0.375. The number of aromatic nitrogens is 1. The third kappa shape index (κ3) is 2.77. The van der Waals surface area contributed by atoms with Crippen molar-refractivity contribution in [1.29, 1.82) is 0 Å². The molecule has 0 aliphatic heterocycles. The van der Waals surface area contributed by atoms with E-state index in [4.69, 9.17) is 16.7 Å². The van der Waals surface area contributed by atoms with Crippen LogP contribution in [0.25, 0.3) is 0 Å². The van der Waals surface area contributed by atoms with Crippen molar-refractivity contribution in [2.45, 2.75) is 0 Å². The standard InChI is InChI=1S/C8H10ClN3O3/c1-11(2-3-13)6-4-8(9)10-5-7(6)12(14)15/h4-5,13H,2-3H2,1H3. The van der Waals surface area contributed by atoms with E-state index in [1.807, 2.05) is 0 Å². The number of halogens is 1. The lowest BCUT2D eigenvalue weighted by Gasteiger charge is -2.17. The number of nitro groups is 1. The maximum Gasteiger partial charge on any atom is 0.310 e. The Labute approximate surface area is 91.3 Å². The molecule has 6 nitrogen and oxygen atoms in total. The summed E-state index contributed by atoms with van der Waals surface area (Å²) in [7, 11) is 1.63. The van der Waals surface area contributed by atoms with Gasteiger partial charge in [0.1, 0.15) is 17.0 Å². The number of aliphatic hydroxyl groups is 1. The Morgan fingerprint density at radius 1 is 1.73 bits per heavy atom. The minimum atomic E-state index is -0.535. The van der Waals surface area contributed by atoms with Crippen molar-refractivity contribution >= 4 is 23.0 Å². The largest absolute Gasteiger partial charge is 0.395 e. The molecule has 0 unspecified atom stereocenters. The van der Waals surface area contributed by atoms with Crippen molar-refractivity contribution < 1.29 is 10.0 Å². The van der Waals surface area contributed by atoms with Crippen LogP contribution >= 0.6 is 11.6 Å². The van der Waals surface area contributed by atoms with Crippen LogP contribution in [0.2, 0.25) is 5.15 Å². The quantitative estimate of drug-likeness (QED) is 0.476. The molecule has 0 bridgehead atoms. The summed E-state index contributed by atoms with van der Waals surface area (Å²) in [5, 5.41) is 19.6. The summed E-state index contributed by atoms with van der Waals surface area (Å²) >= 11 is 5.64. The molecule has 0 aliphatic rings. The first-order chi connectivity index (χ1) is 7.06. The van der Waals surface area contributed by atoms with Crippen molar-refractivity contribution in [3.05, 3.63) is 27.5 Å². The number of pyridine rings is 1. The monoisotopic (exact) mass is 231 g/mol. The van der Waals surface area contributed by atoms with Crippen LogP contribution in [0.1, 0.15) is 0 Å². The van der Waals surface area contributed by atoms with Gasteiger partial charge in [0, 0.05) is 19.7 Å². The third-order valence-electron chi connectivity index (χ3n) is 1.87. The molecular formula is C8H10ClN3O3. The maximum atomic E-state index is 10.7. The van der Waals surface area contributed by atoms with Gasteiger partial charge in [-0.15, -0.1) is 0 Å². The van der Waals surface area contributed by atoms with Gasteiger partial charge >= 0.3 is 5.69 Å². The average Bonchev–Trinajstić information content (AvgIpc) is 2.17. The van der Waals surface area contributed by atoms with E-state index >= 15 is 0 Å². The molecule has 0 atom stereocenters. The van der Waals surface area contributed by atoms with Gasteiger partial charge in [-0.05, 0) is 0 Å². The minimum absolute atomic E-state index is 0.0897. The Kier molecular flexibility index (Phi) is 3.81. The van der Waals surface area contributed by atoms with Gasteiger partial charge in [0.2, 0.25) is 0 Å². The molecule has 0 radical (unpaired) electrons. The highest BCUT2D eigenvalue weighted by Gasteiger charge is 2.17. The number of hydrogen-bond acceptors (Lipinski definition) is 5. The second-order valence-electron chi connectivity index (χ2n) is 2.90. The SMILES string of the molecule is CN(CCO)c1cc(Cl)ncc1[N+](=O)[O-]. The predicted molar refractivity (Wildman–Crippen MR) is 56.3 cm³/mol. The van der Waals surface area contributed by atoms with Crippen LogP contribution in [0.5, 0.6) is 0 Å². The van der Waals surface area contributed by atoms with Gasteiger partial charge in [0.25, 0.3) is 0 Å². The normalized spacial score (nSPS) is 10.1. The van der Waals surface area contributed by atoms with E-state index in [-0.39, 0.29) is 17.4 Å². The number of likely N-dealkylation sites (N-methyl/N-ethyl adjacent to an activating group) is 1. The van der Waals surface area contributed by atoms with E-state index in [0.717, 1.165) is 6.20 Å². The van der Waals surface area contributed by atoms with Crippen molar-refractivity contribution in [3.63, 3.8) is 0 Å². The van der Waals surface area contributed by atoms with E-state index in [1.54, 1.807) is 11.9 Å². The highest BCUT2D eigenvalue weighted by atomic mass is 35.5. The zero-order valence-electron chi connectivity index (χ0n) is 8.05. The molecule has 7 heteroatoms. The average molecular weight is 232 g/mol. The smallest absolute Gasteiger partial charge is 0.310 e. The molecule has 1 aromatic heterocycles. The van der Waals surface area contributed by atoms with Gasteiger partial charge in [0.05, 0.1) is 11.5 Å². The summed E-state index contributed by atoms with van der Waals surface area (Å²) in [6, 6.07) is 1.40. The Balaban J connectivity index is 3.12. The van der Waals surface area contributed by atoms with E-state index in [9.17, 15) is 10.1 Å². The zero-order chi connectivity index (χ0) is 11.4. The predicted octanol–water partition coefficient (Wildman–Crippen LogP) is 1.07. The number of aliphatic hydroxyl groups excluding tert-OH is 1. The Bertz CT molecular complexity index is 372. The van der Waals surface area contributed by atoms with E-state index < -0.39 is 4.92 Å². The molecule has 82 valence electrons. The second-order valence-corrected chi connectivity index (χ2v) is 3.29. The van der Waals surface area contributed by atoms with Crippen LogP contribution in [-0.2, 0) is 0 Å². The van der Waals surface area contributed by atoms with Crippen LogP contribution in [0.3, 0.4) is 0 Å². The van der Waals surface area contributed by atoms with Gasteiger partial charge in [-0.3, -0.25) is 10.1 Å². The lowest BCUT2D eigenvalue weighted by Crippen LogP contribution is -2.22. The van der Waals surface area contributed by atoms with Gasteiger partial charge in [-0.1, -0.05) is 11.6 Å². The Morgan fingerprint density at radius 2 is 2.40 bits per heavy atom. The number of anilines is 1. The number of rotatable bonds is 4. The first-order valence-corrected chi connectivity index (χ1v) is 4.56. The van der Waals surface area contributed by atoms with Crippen LogP contribution < -0.4 is 4.90 Å². The molecule has 0 aromatic carbocycles. The minimum Gasteiger partial charge on any atom is -0.395 e. The molecule has 1 rings (SSSR count). The molecule has 0 aliphatic carbocycles. The molecule has 1 N–H and O–H groups in total. The van der Waals surface area contributed by atoms with Gasteiger partial charge in [0.15, 0.2) is 0 Å². The first kappa shape index (κ1) is 11.7. The summed E-state index contributed by atoms with van der Waals surface area (Å²) in [6.45, 7) is 0.203. The molecule has 0 saturated carbocycles. The lowest BCUT2D eigenvalue weighted by atomic mass is 10.3. The summed E-state index contributed by atoms with van der Waals surface area (Å²) in [5.74, 6) is 0. The van der Waals surface area contributed by atoms with Crippen molar-refractivity contribution in [2.75, 3.05) is 25.1 Å². The molecule has 0 fully saturated rings. The molecule has 1 heterocycles. The van der Waals surface area contributed by atoms with Crippen LogP contribution in [0.4, 0.5) is 11.4 Å². The maximum absolute atomic E-state index is 10.7. The zero-order valence-corrected chi connectivity index (χ0v) is 8.81. The van der Waals surface area contributed by atoms with Crippen molar-refractivity contribution in [3.8, 4) is 0 Å². The highest BCUT2D eigenvalue weighted by molar-refractivity contribution is 6.29. The summed E-state index contributed by atoms with van der Waals surface area (Å²) < 4.78 is 0. The molecule has 0 saturated heterocycles. The Hall–Kier alpha value is -1.40. The van der Waals surface area contributed by atoms with Gasteiger partial charge in [-0.25, -0.2) is 4.98 Å². The van der Waals surface area contributed by atoms with Crippen molar-refractivity contribution in [1.82, 2.24) is 4.98 Å². The van der Waals surface area contributed by atoms with E-state index in [2.05, 4.69) is 4.98 Å². The molecule has 0 spiro atoms. The first-order valence-electron chi connectivity index (χ1n) is 4.18. The second kappa shape index (κ2) is 4.90. The van der Waals surface area contributed by atoms with Gasteiger partial charge < -0.3 is 10.0 Å². The summed E-state index contributed by atoms with van der Waals surface area (Å²) in [5.41, 5.74) is 0.212. The Morgan fingerprint density at radius 3 is 2.93 bits per heavy atom. The van der Waals surface area contributed by atoms with Gasteiger partial charge in [-0.2, -0.15) is 0 Å². The van der Waals surface area contributed by atoms with Crippen LogP contribution in [0, 0.1) is 10.1 Å². The molecule has 15 heavy (non-hydrogen) atoms. The number of nitrogens with zero attached hydrogens (tertiary/aromatic N) is 3. The topological polar surface area (TPSA) is 79.5 Å². The molecule has 1 aromatic rings.